The van der Waals surface area contributed by atoms with Crippen molar-refractivity contribution in [2.45, 2.75) is 11.8 Å². The van der Waals surface area contributed by atoms with Crippen LogP contribution in [0.2, 0.25) is 0 Å². The number of hydrogen-bond donors (Lipinski definition) is 3. The van der Waals surface area contributed by atoms with Gasteiger partial charge in [-0.2, -0.15) is 0 Å². The number of hydrogen-bond acceptors (Lipinski definition) is 3. The van der Waals surface area contributed by atoms with Crippen LogP contribution in [0.3, 0.4) is 0 Å². The highest BCUT2D eigenvalue weighted by atomic mass is 32.2. The van der Waals surface area contributed by atoms with Crippen LogP contribution in [-0.2, 0) is 14.8 Å². The minimum atomic E-state index is -3.59. The third kappa shape index (κ3) is 2.53. The Hall–Kier alpha value is -2.90. The van der Waals surface area contributed by atoms with Gasteiger partial charge in [-0.05, 0) is 44.3 Å². The lowest BCUT2D eigenvalue weighted by atomic mass is 10.0. The van der Waals surface area contributed by atoms with E-state index in [9.17, 15) is 13.2 Å². The van der Waals surface area contributed by atoms with Gasteiger partial charge in [0.2, 0.25) is 10.0 Å². The molecule has 3 N–H and O–H groups in total. The lowest BCUT2D eigenvalue weighted by Crippen LogP contribution is -2.18. The molecule has 0 fully saturated rings. The molecule has 2 aromatic carbocycles. The van der Waals surface area contributed by atoms with Gasteiger partial charge in [-0.3, -0.25) is 4.79 Å². The number of aromatic amines is 1. The van der Waals surface area contributed by atoms with Crippen LogP contribution >= 0.6 is 0 Å². The SMILES string of the molecule is CNS(=O)(=O)c1ccc2c(c1)/C(=C\c1c(C)[nH]c3ccccc13)C(=O)N2. The van der Waals surface area contributed by atoms with Crippen molar-refractivity contribution >= 4 is 44.2 Å². The van der Waals surface area contributed by atoms with E-state index in [1.807, 2.05) is 37.3 Å². The molecule has 0 spiro atoms. The summed E-state index contributed by atoms with van der Waals surface area (Å²) in [7, 11) is -2.23. The van der Waals surface area contributed by atoms with Gasteiger partial charge in [0.15, 0.2) is 0 Å². The Balaban J connectivity index is 1.91. The molecule has 1 aliphatic heterocycles. The third-order valence-corrected chi connectivity index (χ3v) is 6.00. The number of amides is 1. The molecule has 0 unspecified atom stereocenters. The van der Waals surface area contributed by atoms with Crippen molar-refractivity contribution in [3.8, 4) is 0 Å². The van der Waals surface area contributed by atoms with Crippen LogP contribution in [0.15, 0.2) is 47.4 Å². The number of H-pyrrole nitrogens is 1. The van der Waals surface area contributed by atoms with Crippen molar-refractivity contribution in [3.05, 3.63) is 59.3 Å². The van der Waals surface area contributed by atoms with E-state index in [-0.39, 0.29) is 10.8 Å². The van der Waals surface area contributed by atoms with E-state index in [4.69, 9.17) is 0 Å². The summed E-state index contributed by atoms with van der Waals surface area (Å²) in [6, 6.07) is 12.5. The quantitative estimate of drug-likeness (QED) is 0.622. The first-order chi connectivity index (χ1) is 12.4. The summed E-state index contributed by atoms with van der Waals surface area (Å²) in [5.74, 6) is -0.247. The maximum atomic E-state index is 12.5. The molecule has 6 nitrogen and oxygen atoms in total. The van der Waals surface area contributed by atoms with Gasteiger partial charge in [0, 0.05) is 39.0 Å². The maximum absolute atomic E-state index is 12.5. The number of fused-ring (bicyclic) bond motifs is 2. The highest BCUT2D eigenvalue weighted by molar-refractivity contribution is 7.89. The maximum Gasteiger partial charge on any atom is 0.256 e. The molecule has 1 aliphatic rings. The number of aryl methyl sites for hydroxylation is 1. The molecule has 0 aliphatic carbocycles. The van der Waals surface area contributed by atoms with E-state index < -0.39 is 10.0 Å². The first-order valence-corrected chi connectivity index (χ1v) is 9.57. The standard InChI is InChI=1S/C19H17N3O3S/c1-11-14(13-5-3-4-6-17(13)21-11)10-16-15-9-12(26(24,25)20-2)7-8-18(15)22-19(16)23/h3-10,20-21H,1-2H3,(H,22,23)/b16-10+. The van der Waals surface area contributed by atoms with Gasteiger partial charge in [0.25, 0.3) is 5.91 Å². The molecule has 0 atom stereocenters. The van der Waals surface area contributed by atoms with Crippen LogP contribution in [0.25, 0.3) is 22.6 Å². The van der Waals surface area contributed by atoms with Crippen LogP contribution in [0.4, 0.5) is 5.69 Å². The first kappa shape index (κ1) is 16.6. The molecule has 26 heavy (non-hydrogen) atoms. The topological polar surface area (TPSA) is 91.1 Å². The molecule has 0 saturated heterocycles. The molecular formula is C19H17N3O3S. The third-order valence-electron chi connectivity index (χ3n) is 4.59. The Bertz CT molecular complexity index is 1190. The van der Waals surface area contributed by atoms with Crippen molar-refractivity contribution in [1.29, 1.82) is 0 Å². The number of para-hydroxylation sites is 1. The molecule has 2 heterocycles. The zero-order valence-electron chi connectivity index (χ0n) is 14.3. The predicted molar refractivity (Wildman–Crippen MR) is 102 cm³/mol. The summed E-state index contributed by atoms with van der Waals surface area (Å²) in [5.41, 5.74) is 4.48. The van der Waals surface area contributed by atoms with Gasteiger partial charge in [-0.15, -0.1) is 0 Å². The number of carbonyl (C=O) groups excluding carboxylic acids is 1. The number of rotatable bonds is 3. The molecule has 4 rings (SSSR count). The van der Waals surface area contributed by atoms with E-state index in [1.54, 1.807) is 6.07 Å². The monoisotopic (exact) mass is 367 g/mol. The van der Waals surface area contributed by atoms with Crippen molar-refractivity contribution in [1.82, 2.24) is 9.71 Å². The lowest BCUT2D eigenvalue weighted by molar-refractivity contribution is -0.110. The second-order valence-corrected chi connectivity index (χ2v) is 8.02. The second-order valence-electron chi connectivity index (χ2n) is 6.14. The zero-order chi connectivity index (χ0) is 18.5. The number of carbonyl (C=O) groups is 1. The van der Waals surface area contributed by atoms with Crippen molar-refractivity contribution < 1.29 is 13.2 Å². The fourth-order valence-corrected chi connectivity index (χ4v) is 3.98. The Morgan fingerprint density at radius 3 is 2.65 bits per heavy atom. The van der Waals surface area contributed by atoms with Gasteiger partial charge >= 0.3 is 0 Å². The lowest BCUT2D eigenvalue weighted by Gasteiger charge is -2.05. The van der Waals surface area contributed by atoms with Crippen LogP contribution in [-0.4, -0.2) is 26.4 Å². The van der Waals surface area contributed by atoms with Gasteiger partial charge in [0.1, 0.15) is 0 Å². The van der Waals surface area contributed by atoms with Gasteiger partial charge in [-0.25, -0.2) is 13.1 Å². The normalized spacial score (nSPS) is 15.5. The number of sulfonamides is 1. The molecule has 0 saturated carbocycles. The molecular weight excluding hydrogens is 350 g/mol. The molecule has 3 aromatic rings. The minimum absolute atomic E-state index is 0.122. The molecule has 0 radical (unpaired) electrons. The van der Waals surface area contributed by atoms with Gasteiger partial charge < -0.3 is 10.3 Å². The zero-order valence-corrected chi connectivity index (χ0v) is 15.1. The first-order valence-electron chi connectivity index (χ1n) is 8.09. The molecule has 0 bridgehead atoms. The highest BCUT2D eigenvalue weighted by Gasteiger charge is 2.27. The second kappa shape index (κ2) is 5.82. The fraction of sp³-hybridized carbons (Fsp3) is 0.105. The average Bonchev–Trinajstić information content (AvgIpc) is 3.11. The van der Waals surface area contributed by atoms with Crippen LogP contribution in [0.5, 0.6) is 0 Å². The Morgan fingerprint density at radius 1 is 1.12 bits per heavy atom. The van der Waals surface area contributed by atoms with Crippen LogP contribution < -0.4 is 10.0 Å². The summed E-state index contributed by atoms with van der Waals surface area (Å²) in [4.78, 5) is 15.9. The average molecular weight is 367 g/mol. The van der Waals surface area contributed by atoms with Crippen molar-refractivity contribution in [3.63, 3.8) is 0 Å². The van der Waals surface area contributed by atoms with Crippen molar-refractivity contribution in [2.75, 3.05) is 12.4 Å². The Labute approximate surface area is 151 Å². The summed E-state index contributed by atoms with van der Waals surface area (Å²) in [6.45, 7) is 1.95. The molecule has 1 aromatic heterocycles. The minimum Gasteiger partial charge on any atom is -0.358 e. The predicted octanol–water partition coefficient (Wildman–Crippen LogP) is 2.88. The van der Waals surface area contributed by atoms with E-state index in [2.05, 4.69) is 15.0 Å². The largest absolute Gasteiger partial charge is 0.358 e. The molecule has 1 amide bonds. The van der Waals surface area contributed by atoms with Crippen LogP contribution in [0, 0.1) is 6.92 Å². The van der Waals surface area contributed by atoms with E-state index >= 15 is 0 Å². The van der Waals surface area contributed by atoms with Gasteiger partial charge in [-0.1, -0.05) is 18.2 Å². The summed E-state index contributed by atoms with van der Waals surface area (Å²) in [6.07, 6.45) is 1.81. The Morgan fingerprint density at radius 2 is 1.88 bits per heavy atom. The number of anilines is 1. The Kier molecular flexibility index (Phi) is 3.71. The van der Waals surface area contributed by atoms with E-state index in [0.717, 1.165) is 22.2 Å². The number of nitrogens with one attached hydrogen (secondary N) is 3. The summed E-state index contributed by atoms with van der Waals surface area (Å²) < 4.78 is 26.5. The smallest absolute Gasteiger partial charge is 0.256 e. The molecule has 7 heteroatoms. The van der Waals surface area contributed by atoms with Crippen LogP contribution in [0.1, 0.15) is 16.8 Å². The highest BCUT2D eigenvalue weighted by Crippen LogP contribution is 2.36. The number of benzene rings is 2. The van der Waals surface area contributed by atoms with E-state index in [0.29, 0.717) is 16.8 Å². The van der Waals surface area contributed by atoms with Crippen molar-refractivity contribution in [2.24, 2.45) is 0 Å². The summed E-state index contributed by atoms with van der Waals surface area (Å²) in [5, 5.41) is 3.80. The number of aromatic nitrogens is 1. The summed E-state index contributed by atoms with van der Waals surface area (Å²) >= 11 is 0. The fourth-order valence-electron chi connectivity index (χ4n) is 3.22. The molecule has 132 valence electrons. The van der Waals surface area contributed by atoms with E-state index in [1.165, 1.54) is 19.2 Å². The van der Waals surface area contributed by atoms with Gasteiger partial charge in [0.05, 0.1) is 4.90 Å².